The molecule has 70 heavy (non-hydrogen) atoms. The summed E-state index contributed by atoms with van der Waals surface area (Å²) in [5.74, 6) is -4.79. The largest absolute Gasteiger partial charge is 0.472 e. The quantitative estimate of drug-likeness (QED) is 0.0224. The fourth-order valence-corrected chi connectivity index (χ4v) is 9.20. The van der Waals surface area contributed by atoms with E-state index in [0.29, 0.717) is 19.3 Å². The van der Waals surface area contributed by atoms with Crippen molar-refractivity contribution in [2.24, 2.45) is 11.8 Å². The molecule has 1 aliphatic carbocycles. The predicted molar refractivity (Wildman–Crippen MR) is 261 cm³/mol. The van der Waals surface area contributed by atoms with Crippen LogP contribution in [-0.2, 0) is 41.8 Å². The van der Waals surface area contributed by atoms with Gasteiger partial charge in [-0.3, -0.25) is 23.2 Å². The Labute approximate surface area is 412 Å². The van der Waals surface area contributed by atoms with Gasteiger partial charge in [0.15, 0.2) is 6.10 Å². The molecule has 0 radical (unpaired) electrons. The Morgan fingerprint density at radius 3 is 2.06 bits per heavy atom. The van der Waals surface area contributed by atoms with Crippen molar-refractivity contribution in [3.63, 3.8) is 0 Å². The summed E-state index contributed by atoms with van der Waals surface area (Å²) in [5.41, 5.74) is 0. The lowest BCUT2D eigenvalue weighted by Gasteiger charge is -2.38. The molecule has 0 saturated heterocycles. The number of phosphoric acid groups is 2. The van der Waals surface area contributed by atoms with Gasteiger partial charge in [0.25, 0.3) is 0 Å². The van der Waals surface area contributed by atoms with Gasteiger partial charge in [-0.1, -0.05) is 125 Å². The number of unbranched alkanes of at least 4 members (excludes halogenated alkanes) is 5. The lowest BCUT2D eigenvalue weighted by Crippen LogP contribution is -2.56. The molecule has 0 aromatic heterocycles. The van der Waals surface area contributed by atoms with E-state index in [2.05, 4.69) is 67.7 Å². The molecule has 13 atom stereocenters. The van der Waals surface area contributed by atoms with Crippen LogP contribution in [0.1, 0.15) is 123 Å². The van der Waals surface area contributed by atoms with Crippen LogP contribution in [0.15, 0.2) is 85.1 Å². The van der Waals surface area contributed by atoms with Crippen LogP contribution in [0.25, 0.3) is 0 Å². The second-order valence-electron chi connectivity index (χ2n) is 17.4. The molecule has 2 bridgehead atoms. The van der Waals surface area contributed by atoms with Gasteiger partial charge in [0.2, 0.25) is 0 Å². The van der Waals surface area contributed by atoms with Gasteiger partial charge in [-0.2, -0.15) is 0 Å². The highest BCUT2D eigenvalue weighted by Gasteiger charge is 2.51. The average molecular weight is 1040 g/mol. The zero-order valence-corrected chi connectivity index (χ0v) is 42.3. The fourth-order valence-electron chi connectivity index (χ4n) is 7.67. The highest BCUT2D eigenvalue weighted by Crippen LogP contribution is 2.50. The van der Waals surface area contributed by atoms with Crippen molar-refractivity contribution in [1.82, 2.24) is 0 Å². The number of fused-ring (bicyclic) bond motifs is 4. The maximum atomic E-state index is 13.6. The first kappa shape index (κ1) is 63.2. The summed E-state index contributed by atoms with van der Waals surface area (Å²) >= 11 is 0. The van der Waals surface area contributed by atoms with E-state index in [4.69, 9.17) is 23.0 Å². The topological polar surface area (TPSA) is 317 Å². The van der Waals surface area contributed by atoms with Crippen molar-refractivity contribution >= 4 is 27.6 Å². The number of rotatable bonds is 25. The first-order valence-corrected chi connectivity index (χ1v) is 27.4. The van der Waals surface area contributed by atoms with Gasteiger partial charge in [-0.05, 0) is 64.2 Å². The fraction of sp³-hybridized carbons (Fsp3) is 0.673. The minimum atomic E-state index is -5.77. The molecule has 0 aromatic carbocycles. The number of carbonyl (C=O) groups is 2. The summed E-state index contributed by atoms with van der Waals surface area (Å²) in [6.45, 7) is 2.40. The van der Waals surface area contributed by atoms with E-state index in [9.17, 15) is 69.1 Å². The van der Waals surface area contributed by atoms with Gasteiger partial charge in [0, 0.05) is 24.7 Å². The molecule has 0 spiro atoms. The molecule has 1 fully saturated rings. The van der Waals surface area contributed by atoms with Crippen LogP contribution in [-0.4, -0.2) is 137 Å². The van der Waals surface area contributed by atoms with Crippen LogP contribution >= 0.6 is 15.6 Å². The Kier molecular flexibility index (Phi) is 31.8. The zero-order valence-electron chi connectivity index (χ0n) is 40.5. The van der Waals surface area contributed by atoms with Gasteiger partial charge in [0.05, 0.1) is 43.5 Å². The van der Waals surface area contributed by atoms with E-state index in [1.54, 1.807) is 0 Å². The lowest BCUT2D eigenvalue weighted by atomic mass is 9.83. The van der Waals surface area contributed by atoms with Crippen LogP contribution < -0.4 is 0 Å². The number of aliphatic hydroxyl groups is 7. The van der Waals surface area contributed by atoms with Crippen molar-refractivity contribution < 1.29 is 92.2 Å². The molecular weight excluding hydrogens is 954 g/mol. The molecule has 21 heteroatoms. The van der Waals surface area contributed by atoms with Crippen molar-refractivity contribution in [2.45, 2.75) is 184 Å². The van der Waals surface area contributed by atoms with Gasteiger partial charge in [-0.15, -0.1) is 0 Å². The molecule has 1 saturated carbocycles. The first-order valence-electron chi connectivity index (χ1n) is 24.4. The monoisotopic (exact) mass is 1030 g/mol. The molecule has 400 valence electrons. The van der Waals surface area contributed by atoms with E-state index >= 15 is 0 Å². The summed E-state index contributed by atoms with van der Waals surface area (Å²) in [7, 11) is -11.4. The number of cyclic esters (lactones) is 1. The standard InChI is InChI=1S/C49H80O19P2/c1-3-5-7-8-9-10-11-12-13-14-15-16-17-18-19-20-21-22-24-29-42(53)64-34-37-35-65-70(62,63)68-49-47(58)46(57)44(55)38(28-25-26-30-43(54)66-37)40(51)33-41(52)39(32-31-36(50)27-23-6-4-2)45(56)48(49)67-69(59,60)61/h5,7,9-10,12-13,15-16,18-19,25-26,31-32,36-41,44-52,55-58H,3-4,6,8,11,14,17,20-24,27-30,33-35H2,1-2H3,(H,62,63)(H2,59,60,61)/b7-5-,10-9-,13-12-,16-15-,19-18-,26-25-,32-31-/t36-,37-,38-,39+,40+,41-,44-,45-,46+,47-,48-,49+/m1/s1. The van der Waals surface area contributed by atoms with Gasteiger partial charge in [0.1, 0.15) is 31.0 Å². The second kappa shape index (κ2) is 35.3. The van der Waals surface area contributed by atoms with Crippen LogP contribution in [0.3, 0.4) is 0 Å². The third-order valence-electron chi connectivity index (χ3n) is 11.5. The zero-order chi connectivity index (χ0) is 52.0. The molecule has 2 rings (SSSR count). The molecule has 1 unspecified atom stereocenters. The predicted octanol–water partition coefficient (Wildman–Crippen LogP) is 5.77. The summed E-state index contributed by atoms with van der Waals surface area (Å²) < 4.78 is 51.8. The second-order valence-corrected chi connectivity index (χ2v) is 20.0. The highest BCUT2D eigenvalue weighted by molar-refractivity contribution is 7.47. The van der Waals surface area contributed by atoms with Gasteiger partial charge < -0.3 is 59.9 Å². The van der Waals surface area contributed by atoms with E-state index in [1.165, 1.54) is 18.2 Å². The first-order chi connectivity index (χ1) is 33.3. The summed E-state index contributed by atoms with van der Waals surface area (Å²) in [4.78, 5) is 56.5. The Balaban J connectivity index is 2.20. The summed E-state index contributed by atoms with van der Waals surface area (Å²) in [6.07, 6.45) is 13.2. The van der Waals surface area contributed by atoms with Gasteiger partial charge >= 0.3 is 27.6 Å². The molecule has 1 aliphatic heterocycles. The minimum absolute atomic E-state index is 0.00425. The maximum Gasteiger partial charge on any atom is 0.472 e. The number of allylic oxidation sites excluding steroid dienone is 11. The highest BCUT2D eigenvalue weighted by atomic mass is 31.2. The maximum absolute atomic E-state index is 13.6. The van der Waals surface area contributed by atoms with Crippen LogP contribution in [0, 0.1) is 11.8 Å². The number of hydrogen-bond donors (Lipinski definition) is 10. The van der Waals surface area contributed by atoms with Crippen molar-refractivity contribution in [3.8, 4) is 0 Å². The molecule has 0 aromatic rings. The molecular formula is C49H80O19P2. The summed E-state index contributed by atoms with van der Waals surface area (Å²) in [6, 6.07) is 0. The van der Waals surface area contributed by atoms with Crippen molar-refractivity contribution in [2.75, 3.05) is 13.2 Å². The Morgan fingerprint density at radius 2 is 1.44 bits per heavy atom. The minimum Gasteiger partial charge on any atom is -0.462 e. The number of phosphoric ester groups is 2. The smallest absolute Gasteiger partial charge is 0.462 e. The Morgan fingerprint density at radius 1 is 0.814 bits per heavy atom. The van der Waals surface area contributed by atoms with E-state index < -0.39 is 127 Å². The number of hydrogen-bond acceptors (Lipinski definition) is 16. The lowest BCUT2D eigenvalue weighted by molar-refractivity contribution is -0.165. The third-order valence-corrected chi connectivity index (χ3v) is 13.0. The number of carbonyl (C=O) groups excluding carboxylic acids is 2. The number of esters is 2. The van der Waals surface area contributed by atoms with Crippen LogP contribution in [0.2, 0.25) is 0 Å². The Bertz CT molecular complexity index is 1790. The van der Waals surface area contributed by atoms with Crippen molar-refractivity contribution in [3.05, 3.63) is 85.1 Å². The van der Waals surface area contributed by atoms with Crippen LogP contribution in [0.4, 0.5) is 0 Å². The number of aliphatic hydroxyl groups excluding tert-OH is 7. The molecule has 19 nitrogen and oxygen atoms in total. The number of ether oxygens (including phenoxy) is 2. The molecule has 0 amide bonds. The molecule has 2 aliphatic rings. The molecule has 10 N–H and O–H groups in total. The van der Waals surface area contributed by atoms with E-state index in [-0.39, 0.29) is 19.3 Å². The van der Waals surface area contributed by atoms with E-state index in [1.807, 2.05) is 6.92 Å². The Hall–Kier alpha value is -2.94. The normalized spacial score (nSPS) is 31.4. The summed E-state index contributed by atoms with van der Waals surface area (Å²) in [5, 5.41) is 79.2. The third kappa shape index (κ3) is 26.7. The average Bonchev–Trinajstić information content (AvgIpc) is 3.30. The van der Waals surface area contributed by atoms with E-state index in [0.717, 1.165) is 63.9 Å². The SMILES string of the molecule is CC/C=C\C/C=C\C/C=C\C/C=C\C/C=C\CCCCCC(=O)OC[C@@H]1COP(=O)(O)O[C@H]2[C@H](O)[C@@H](O)[C@H](O)[C@H](C/C=C\CC(=O)O1)[C@@H](O)C[C@@H](O)[C@H](/C=C\[C@H](O)CCCCC)[C@@H](O)[C@H]2OP(=O)(O)O. The van der Waals surface area contributed by atoms with Crippen molar-refractivity contribution in [1.29, 1.82) is 0 Å². The molecule has 1 heterocycles. The van der Waals surface area contributed by atoms with Gasteiger partial charge in [-0.25, -0.2) is 9.13 Å². The van der Waals surface area contributed by atoms with Crippen LogP contribution in [0.5, 0.6) is 0 Å².